The zero-order valence-corrected chi connectivity index (χ0v) is 11.7. The summed E-state index contributed by atoms with van der Waals surface area (Å²) in [4.78, 5) is 0. The molecule has 1 aliphatic carbocycles. The maximum absolute atomic E-state index is 12.7. The lowest BCUT2D eigenvalue weighted by Gasteiger charge is -2.22. The highest BCUT2D eigenvalue weighted by Crippen LogP contribution is 2.33. The summed E-state index contributed by atoms with van der Waals surface area (Å²) >= 11 is 0. The minimum Gasteiger partial charge on any atom is -0.493 e. The summed E-state index contributed by atoms with van der Waals surface area (Å²) < 4.78 is 43.7. The van der Waals surface area contributed by atoms with E-state index in [0.717, 1.165) is 25.0 Å². The fraction of sp³-hybridized carbons (Fsp3) is 0.533. The van der Waals surface area contributed by atoms with Gasteiger partial charge in [0.25, 0.3) is 0 Å². The number of halogens is 3. The van der Waals surface area contributed by atoms with Crippen molar-refractivity contribution in [2.75, 3.05) is 6.61 Å². The van der Waals surface area contributed by atoms with Gasteiger partial charge < -0.3 is 10.5 Å². The van der Waals surface area contributed by atoms with Gasteiger partial charge in [-0.1, -0.05) is 19.3 Å². The summed E-state index contributed by atoms with van der Waals surface area (Å²) in [7, 11) is 0. The highest BCUT2D eigenvalue weighted by molar-refractivity contribution is 5.97. The second-order valence-electron chi connectivity index (χ2n) is 5.44. The molecule has 116 valence electrons. The van der Waals surface area contributed by atoms with Gasteiger partial charge >= 0.3 is 6.18 Å². The Labute approximate surface area is 121 Å². The molecule has 6 heteroatoms. The minimum atomic E-state index is -4.45. The second kappa shape index (κ2) is 6.37. The van der Waals surface area contributed by atoms with Gasteiger partial charge in [-0.05, 0) is 37.0 Å². The van der Waals surface area contributed by atoms with Crippen molar-refractivity contribution in [3.8, 4) is 5.75 Å². The SMILES string of the molecule is N=C(N)c1cc(C(F)(F)F)ccc1OCC1CCCCC1. The van der Waals surface area contributed by atoms with Crippen molar-refractivity contribution < 1.29 is 17.9 Å². The van der Waals surface area contributed by atoms with Crippen LogP contribution in [0.2, 0.25) is 0 Å². The molecule has 0 atom stereocenters. The van der Waals surface area contributed by atoms with E-state index in [2.05, 4.69) is 0 Å². The highest BCUT2D eigenvalue weighted by atomic mass is 19.4. The van der Waals surface area contributed by atoms with E-state index >= 15 is 0 Å². The van der Waals surface area contributed by atoms with Crippen molar-refractivity contribution in [2.24, 2.45) is 11.7 Å². The molecule has 3 nitrogen and oxygen atoms in total. The van der Waals surface area contributed by atoms with Gasteiger partial charge in [0, 0.05) is 0 Å². The number of hydrogen-bond donors (Lipinski definition) is 2. The molecular formula is C15H19F3N2O. The zero-order valence-electron chi connectivity index (χ0n) is 11.7. The number of nitrogens with one attached hydrogen (secondary N) is 1. The fourth-order valence-electron chi connectivity index (χ4n) is 2.60. The molecule has 0 radical (unpaired) electrons. The van der Waals surface area contributed by atoms with Crippen LogP contribution in [0.1, 0.15) is 43.2 Å². The van der Waals surface area contributed by atoms with E-state index in [1.807, 2.05) is 0 Å². The van der Waals surface area contributed by atoms with Crippen LogP contribution in [0.15, 0.2) is 18.2 Å². The van der Waals surface area contributed by atoms with Crippen LogP contribution in [-0.2, 0) is 6.18 Å². The third-order valence-corrected chi connectivity index (χ3v) is 3.80. The standard InChI is InChI=1S/C15H19F3N2O/c16-15(17,18)11-6-7-13(12(8-11)14(19)20)21-9-10-4-2-1-3-5-10/h6-8,10H,1-5,9H2,(H3,19,20). The molecule has 1 aromatic rings. The Kier molecular flexibility index (Phi) is 4.75. The van der Waals surface area contributed by atoms with Crippen LogP contribution in [0, 0.1) is 11.3 Å². The van der Waals surface area contributed by atoms with Crippen LogP contribution in [0.25, 0.3) is 0 Å². The molecule has 0 spiro atoms. The van der Waals surface area contributed by atoms with Gasteiger partial charge in [0.05, 0.1) is 17.7 Å². The van der Waals surface area contributed by atoms with E-state index in [1.54, 1.807) is 0 Å². The van der Waals surface area contributed by atoms with Crippen LogP contribution in [-0.4, -0.2) is 12.4 Å². The molecule has 21 heavy (non-hydrogen) atoms. The number of alkyl halides is 3. The molecule has 0 bridgehead atoms. The third kappa shape index (κ3) is 4.12. The smallest absolute Gasteiger partial charge is 0.416 e. The molecule has 1 aromatic carbocycles. The molecule has 0 unspecified atom stereocenters. The predicted molar refractivity (Wildman–Crippen MR) is 74.5 cm³/mol. The first kappa shape index (κ1) is 15.7. The summed E-state index contributed by atoms with van der Waals surface area (Å²) in [6, 6.07) is 3.09. The Hall–Kier alpha value is -1.72. The fourth-order valence-corrected chi connectivity index (χ4v) is 2.60. The summed E-state index contributed by atoms with van der Waals surface area (Å²) in [6.45, 7) is 0.464. The highest BCUT2D eigenvalue weighted by Gasteiger charge is 2.31. The predicted octanol–water partition coefficient (Wildman–Crippen LogP) is 3.95. The maximum Gasteiger partial charge on any atom is 0.416 e. The van der Waals surface area contributed by atoms with Crippen LogP contribution < -0.4 is 10.5 Å². The van der Waals surface area contributed by atoms with Gasteiger partial charge in [-0.15, -0.1) is 0 Å². The van der Waals surface area contributed by atoms with E-state index < -0.39 is 17.6 Å². The summed E-state index contributed by atoms with van der Waals surface area (Å²) in [5, 5.41) is 7.43. The lowest BCUT2D eigenvalue weighted by Crippen LogP contribution is -2.19. The largest absolute Gasteiger partial charge is 0.493 e. The van der Waals surface area contributed by atoms with Gasteiger partial charge in [-0.25, -0.2) is 0 Å². The van der Waals surface area contributed by atoms with Gasteiger partial charge in [0.2, 0.25) is 0 Å². The number of hydrogen-bond acceptors (Lipinski definition) is 2. The van der Waals surface area contributed by atoms with E-state index in [9.17, 15) is 13.2 Å². The van der Waals surface area contributed by atoms with Crippen LogP contribution in [0.3, 0.4) is 0 Å². The van der Waals surface area contributed by atoms with Gasteiger partial charge in [-0.2, -0.15) is 13.2 Å². The monoisotopic (exact) mass is 300 g/mol. The van der Waals surface area contributed by atoms with E-state index in [4.69, 9.17) is 15.9 Å². The lowest BCUT2D eigenvalue weighted by atomic mass is 9.90. The van der Waals surface area contributed by atoms with E-state index in [0.29, 0.717) is 12.5 Å². The number of amidine groups is 1. The molecule has 0 aromatic heterocycles. The van der Waals surface area contributed by atoms with Crippen molar-refractivity contribution in [3.63, 3.8) is 0 Å². The van der Waals surface area contributed by atoms with E-state index in [-0.39, 0.29) is 11.3 Å². The zero-order chi connectivity index (χ0) is 15.5. The molecule has 1 fully saturated rings. The first-order valence-electron chi connectivity index (χ1n) is 7.06. The lowest BCUT2D eigenvalue weighted by molar-refractivity contribution is -0.137. The molecule has 0 saturated heterocycles. The summed E-state index contributed by atoms with van der Waals surface area (Å²) in [6.07, 6.45) is 1.27. The average molecular weight is 300 g/mol. The Bertz CT molecular complexity index is 508. The summed E-state index contributed by atoms with van der Waals surface area (Å²) in [5.41, 5.74) is 4.55. The van der Waals surface area contributed by atoms with Crippen LogP contribution in [0.5, 0.6) is 5.75 Å². The number of nitrogen functional groups attached to an aromatic ring is 1. The maximum atomic E-state index is 12.7. The number of nitrogens with two attached hydrogens (primary N) is 1. The van der Waals surface area contributed by atoms with Crippen LogP contribution in [0.4, 0.5) is 13.2 Å². The van der Waals surface area contributed by atoms with Gasteiger partial charge in [-0.3, -0.25) is 5.41 Å². The van der Waals surface area contributed by atoms with Crippen molar-refractivity contribution in [3.05, 3.63) is 29.3 Å². The Morgan fingerprint density at radius 3 is 2.48 bits per heavy atom. The Morgan fingerprint density at radius 2 is 1.90 bits per heavy atom. The molecular weight excluding hydrogens is 281 g/mol. The van der Waals surface area contributed by atoms with Crippen LogP contribution >= 0.6 is 0 Å². The molecule has 0 heterocycles. The number of benzene rings is 1. The third-order valence-electron chi connectivity index (χ3n) is 3.80. The molecule has 1 aliphatic rings. The van der Waals surface area contributed by atoms with E-state index in [1.165, 1.54) is 25.3 Å². The average Bonchev–Trinajstić information content (AvgIpc) is 2.45. The molecule has 0 aliphatic heterocycles. The second-order valence-corrected chi connectivity index (χ2v) is 5.44. The normalized spacial score (nSPS) is 16.7. The van der Waals surface area contributed by atoms with Gasteiger partial charge in [0.1, 0.15) is 11.6 Å². The molecule has 1 saturated carbocycles. The number of ether oxygens (including phenoxy) is 1. The first-order valence-corrected chi connectivity index (χ1v) is 7.06. The Balaban J connectivity index is 2.12. The first-order chi connectivity index (χ1) is 9.88. The molecule has 3 N–H and O–H groups in total. The van der Waals surface area contributed by atoms with Gasteiger partial charge in [0.15, 0.2) is 0 Å². The van der Waals surface area contributed by atoms with Crippen molar-refractivity contribution in [1.29, 1.82) is 5.41 Å². The summed E-state index contributed by atoms with van der Waals surface area (Å²) in [5.74, 6) is 0.265. The van der Waals surface area contributed by atoms with Crippen molar-refractivity contribution in [2.45, 2.75) is 38.3 Å². The molecule has 0 amide bonds. The Morgan fingerprint density at radius 1 is 1.24 bits per heavy atom. The van der Waals surface area contributed by atoms with Crippen molar-refractivity contribution in [1.82, 2.24) is 0 Å². The minimum absolute atomic E-state index is 0.000587. The molecule has 2 rings (SSSR count). The quantitative estimate of drug-likeness (QED) is 0.653. The number of rotatable bonds is 4. The van der Waals surface area contributed by atoms with Crippen molar-refractivity contribution >= 4 is 5.84 Å². The topological polar surface area (TPSA) is 59.1 Å².